The third-order valence-corrected chi connectivity index (χ3v) is 9.76. The number of thiophene rings is 1. The number of hydrogen-bond donors (Lipinski definition) is 0. The Morgan fingerprint density at radius 3 is 1.91 bits per heavy atom. The molecular weight excluding hydrogens is 703 g/mol. The van der Waals surface area contributed by atoms with Crippen molar-refractivity contribution in [3.8, 4) is 39.3 Å². The fraction of sp³-hybridized carbons (Fsp3) is 0.160. The summed E-state index contributed by atoms with van der Waals surface area (Å²) in [6.07, 6.45) is 16.0. The Hall–Kier alpha value is -6.24. The van der Waals surface area contributed by atoms with E-state index in [0.717, 1.165) is 55.9 Å². The van der Waals surface area contributed by atoms with Crippen molar-refractivity contribution in [1.82, 2.24) is 24.5 Å². The van der Waals surface area contributed by atoms with Gasteiger partial charge < -0.3 is 4.57 Å². The average molecular weight is 754 g/mol. The maximum Gasteiger partial charge on any atom is 0.0977 e. The molecule has 0 spiro atoms. The SMILES string of the molecule is C=C/C=C\C.CC.CC.CCC.c1cncc(-c2cc(-c3ccc(-n4c5cccnc5c5c6sc7ccccc7c6ccc54)cc3)nc(-c3cccnc3)c2)c1. The Balaban J connectivity index is 0.000000449. The second kappa shape index (κ2) is 20.4. The summed E-state index contributed by atoms with van der Waals surface area (Å²) in [6.45, 7) is 17.7. The number of aromatic nitrogens is 5. The largest absolute Gasteiger partial charge is 0.308 e. The molecule has 0 amide bonds. The molecule has 0 atom stereocenters. The number of benzene rings is 3. The quantitative estimate of drug-likeness (QED) is 0.164. The highest BCUT2D eigenvalue weighted by molar-refractivity contribution is 7.26. The molecule has 6 heterocycles. The Kier molecular flexibility index (Phi) is 14.9. The maximum absolute atomic E-state index is 5.07. The Morgan fingerprint density at radius 2 is 1.29 bits per heavy atom. The van der Waals surface area contributed by atoms with Crippen molar-refractivity contribution in [1.29, 1.82) is 0 Å². The summed E-state index contributed by atoms with van der Waals surface area (Å²) in [4.78, 5) is 18.6. The second-order valence-corrected chi connectivity index (χ2v) is 13.3. The van der Waals surface area contributed by atoms with E-state index >= 15 is 0 Å². The van der Waals surface area contributed by atoms with Crippen LogP contribution < -0.4 is 0 Å². The van der Waals surface area contributed by atoms with Crippen LogP contribution in [0.3, 0.4) is 0 Å². The predicted octanol–water partition coefficient (Wildman–Crippen LogP) is 14.9. The molecule has 0 radical (unpaired) electrons. The van der Waals surface area contributed by atoms with E-state index in [4.69, 9.17) is 9.97 Å². The first kappa shape index (κ1) is 40.9. The van der Waals surface area contributed by atoms with Crippen LogP contribution in [0.25, 0.3) is 81.4 Å². The summed E-state index contributed by atoms with van der Waals surface area (Å²) in [7, 11) is 0. The van der Waals surface area contributed by atoms with Gasteiger partial charge in [-0.15, -0.1) is 11.3 Å². The van der Waals surface area contributed by atoms with Crippen molar-refractivity contribution >= 4 is 53.4 Å². The number of allylic oxidation sites excluding steroid dienone is 3. The van der Waals surface area contributed by atoms with E-state index < -0.39 is 0 Å². The lowest BCUT2D eigenvalue weighted by Gasteiger charge is -2.12. The standard InChI is InChI=1S/C38H23N5S.C5H8.C3H8.2C2H6/c1-2-10-35-29(8-1)30-15-16-33-36(38(30)44-35)37-34(9-5-19-41-37)43(33)28-13-11-24(12-14-28)31-20-27(25-6-3-17-39-22-25)21-32(42-31)26-7-4-18-40-23-26;1-3-5-4-2;1-3-2;2*1-2/h1-23H;3-5H,1H2,2H3;3H2,1-2H3;2*1-2H3/b;5-4-;;;. The van der Waals surface area contributed by atoms with Gasteiger partial charge in [-0.1, -0.05) is 115 Å². The fourth-order valence-electron chi connectivity index (χ4n) is 6.33. The van der Waals surface area contributed by atoms with Crippen molar-refractivity contribution in [2.75, 3.05) is 0 Å². The number of rotatable bonds is 5. The van der Waals surface area contributed by atoms with Crippen LogP contribution in [-0.2, 0) is 0 Å². The predicted molar refractivity (Wildman–Crippen MR) is 245 cm³/mol. The van der Waals surface area contributed by atoms with Gasteiger partial charge in [-0.25, -0.2) is 4.98 Å². The molecule has 0 aliphatic rings. The number of pyridine rings is 4. The van der Waals surface area contributed by atoms with Crippen molar-refractivity contribution in [3.05, 3.63) is 165 Å². The summed E-state index contributed by atoms with van der Waals surface area (Å²) in [6, 6.07) is 38.2. The smallest absolute Gasteiger partial charge is 0.0977 e. The average Bonchev–Trinajstić information content (AvgIpc) is 3.82. The van der Waals surface area contributed by atoms with Crippen molar-refractivity contribution in [3.63, 3.8) is 0 Å². The van der Waals surface area contributed by atoms with Crippen LogP contribution in [-0.4, -0.2) is 24.5 Å². The molecule has 0 bridgehead atoms. The molecule has 0 aliphatic carbocycles. The normalized spacial score (nSPS) is 10.5. The van der Waals surface area contributed by atoms with E-state index in [0.29, 0.717) is 0 Å². The van der Waals surface area contributed by atoms with E-state index in [1.807, 2.05) is 101 Å². The van der Waals surface area contributed by atoms with E-state index in [-0.39, 0.29) is 0 Å². The molecule has 282 valence electrons. The molecule has 6 aromatic heterocycles. The Morgan fingerprint density at radius 1 is 0.643 bits per heavy atom. The molecule has 5 nitrogen and oxygen atoms in total. The van der Waals surface area contributed by atoms with Gasteiger partial charge in [-0.2, -0.15) is 0 Å². The minimum Gasteiger partial charge on any atom is -0.308 e. The van der Waals surface area contributed by atoms with Gasteiger partial charge in [-0.05, 0) is 79.2 Å². The van der Waals surface area contributed by atoms with Gasteiger partial charge in [0.1, 0.15) is 0 Å². The lowest BCUT2D eigenvalue weighted by atomic mass is 10.0. The highest BCUT2D eigenvalue weighted by Gasteiger charge is 2.18. The van der Waals surface area contributed by atoms with Crippen LogP contribution in [0.15, 0.2) is 165 Å². The van der Waals surface area contributed by atoms with Crippen LogP contribution in [0.1, 0.15) is 54.9 Å². The summed E-state index contributed by atoms with van der Waals surface area (Å²) in [5.74, 6) is 0. The molecule has 3 aromatic carbocycles. The molecule has 0 saturated carbocycles. The zero-order valence-electron chi connectivity index (χ0n) is 33.6. The molecule has 9 aromatic rings. The summed E-state index contributed by atoms with van der Waals surface area (Å²) >= 11 is 1.84. The third kappa shape index (κ3) is 8.83. The molecule has 56 heavy (non-hydrogen) atoms. The number of nitrogens with zero attached hydrogens (tertiary/aromatic N) is 5. The molecular formula is C50H51N5S. The fourth-order valence-corrected chi connectivity index (χ4v) is 7.58. The zero-order valence-corrected chi connectivity index (χ0v) is 34.4. The van der Waals surface area contributed by atoms with Gasteiger partial charge in [0, 0.05) is 78.9 Å². The lowest BCUT2D eigenvalue weighted by molar-refractivity contribution is 1.09. The van der Waals surface area contributed by atoms with Gasteiger partial charge in [0.15, 0.2) is 0 Å². The van der Waals surface area contributed by atoms with Crippen LogP contribution in [0, 0.1) is 0 Å². The Labute approximate surface area is 335 Å². The van der Waals surface area contributed by atoms with Crippen molar-refractivity contribution < 1.29 is 0 Å². The first-order valence-electron chi connectivity index (χ1n) is 19.5. The van der Waals surface area contributed by atoms with Gasteiger partial charge >= 0.3 is 0 Å². The topological polar surface area (TPSA) is 56.5 Å². The van der Waals surface area contributed by atoms with E-state index in [1.165, 1.54) is 32.0 Å². The molecule has 0 aliphatic heterocycles. The van der Waals surface area contributed by atoms with E-state index in [1.54, 1.807) is 18.5 Å². The molecule has 6 heteroatoms. The first-order chi connectivity index (χ1) is 27.6. The molecule has 0 N–H and O–H groups in total. The van der Waals surface area contributed by atoms with Crippen LogP contribution in [0.5, 0.6) is 0 Å². The summed E-state index contributed by atoms with van der Waals surface area (Å²) < 4.78 is 4.90. The van der Waals surface area contributed by atoms with Gasteiger partial charge in [-0.3, -0.25) is 15.0 Å². The highest BCUT2D eigenvalue weighted by atomic mass is 32.1. The van der Waals surface area contributed by atoms with Gasteiger partial charge in [0.25, 0.3) is 0 Å². The summed E-state index contributed by atoms with van der Waals surface area (Å²) in [5.41, 5.74) is 10.2. The maximum atomic E-state index is 5.07. The van der Waals surface area contributed by atoms with Gasteiger partial charge in [0.2, 0.25) is 0 Å². The Bertz CT molecular complexity index is 2580. The molecule has 9 rings (SSSR count). The van der Waals surface area contributed by atoms with Crippen molar-refractivity contribution in [2.45, 2.75) is 54.9 Å². The molecule has 0 unspecified atom stereocenters. The lowest BCUT2D eigenvalue weighted by Crippen LogP contribution is -1.95. The molecule has 0 fully saturated rings. The van der Waals surface area contributed by atoms with Crippen LogP contribution in [0.2, 0.25) is 0 Å². The minimum atomic E-state index is 0.874. The van der Waals surface area contributed by atoms with E-state index in [2.05, 4.69) is 120 Å². The molecule has 0 saturated heterocycles. The summed E-state index contributed by atoms with van der Waals surface area (Å²) in [5, 5.41) is 3.78. The number of fused-ring (bicyclic) bond motifs is 7. The monoisotopic (exact) mass is 753 g/mol. The van der Waals surface area contributed by atoms with Gasteiger partial charge in [0.05, 0.1) is 27.9 Å². The van der Waals surface area contributed by atoms with Crippen LogP contribution >= 0.6 is 11.3 Å². The number of hydrogen-bond acceptors (Lipinski definition) is 5. The van der Waals surface area contributed by atoms with Crippen LogP contribution in [0.4, 0.5) is 0 Å². The second-order valence-electron chi connectivity index (χ2n) is 12.3. The minimum absolute atomic E-state index is 0.874. The third-order valence-electron chi connectivity index (χ3n) is 8.56. The first-order valence-corrected chi connectivity index (χ1v) is 20.3. The highest BCUT2D eigenvalue weighted by Crippen LogP contribution is 2.42. The van der Waals surface area contributed by atoms with E-state index in [9.17, 15) is 0 Å². The van der Waals surface area contributed by atoms with Crippen molar-refractivity contribution in [2.24, 2.45) is 0 Å². The zero-order chi connectivity index (χ0) is 39.9.